The van der Waals surface area contributed by atoms with Crippen molar-refractivity contribution in [1.29, 1.82) is 0 Å². The zero-order valence-corrected chi connectivity index (χ0v) is 12.4. The fourth-order valence-electron chi connectivity index (χ4n) is 2.79. The summed E-state index contributed by atoms with van der Waals surface area (Å²) in [7, 11) is 0. The third kappa shape index (κ3) is 2.82. The SMILES string of the molecule is c1c2c(cc3[nH]c(NCCN4CCOCC4)nc13)OCCO2. The average molecular weight is 304 g/mol. The molecular formula is C15H20N4O3. The fraction of sp³-hybridized carbons (Fsp3) is 0.533. The maximum atomic E-state index is 5.59. The van der Waals surface area contributed by atoms with Gasteiger partial charge in [0.15, 0.2) is 11.5 Å². The number of hydrogen-bond acceptors (Lipinski definition) is 6. The number of fused-ring (bicyclic) bond motifs is 2. The van der Waals surface area contributed by atoms with E-state index in [1.165, 1.54) is 0 Å². The number of ether oxygens (including phenoxy) is 3. The van der Waals surface area contributed by atoms with Crippen molar-refractivity contribution in [3.63, 3.8) is 0 Å². The molecule has 0 bridgehead atoms. The Kier molecular flexibility index (Phi) is 3.74. The Labute approximate surface area is 128 Å². The lowest BCUT2D eigenvalue weighted by atomic mass is 10.2. The molecule has 0 aliphatic carbocycles. The Morgan fingerprint density at radius 3 is 2.68 bits per heavy atom. The smallest absolute Gasteiger partial charge is 0.201 e. The Balaban J connectivity index is 1.41. The number of anilines is 1. The molecule has 1 aromatic carbocycles. The van der Waals surface area contributed by atoms with Gasteiger partial charge in [-0.15, -0.1) is 0 Å². The van der Waals surface area contributed by atoms with E-state index in [1.807, 2.05) is 12.1 Å². The molecule has 2 aromatic rings. The van der Waals surface area contributed by atoms with E-state index in [-0.39, 0.29) is 0 Å². The number of rotatable bonds is 4. The van der Waals surface area contributed by atoms with Crippen molar-refractivity contribution in [3.8, 4) is 11.5 Å². The highest BCUT2D eigenvalue weighted by atomic mass is 16.6. The molecule has 2 aliphatic heterocycles. The number of aromatic nitrogens is 2. The highest BCUT2D eigenvalue weighted by molar-refractivity contribution is 5.81. The second kappa shape index (κ2) is 6.02. The van der Waals surface area contributed by atoms with Crippen LogP contribution in [-0.2, 0) is 4.74 Å². The summed E-state index contributed by atoms with van der Waals surface area (Å²) in [4.78, 5) is 10.2. The van der Waals surface area contributed by atoms with Crippen LogP contribution in [0.3, 0.4) is 0 Å². The summed E-state index contributed by atoms with van der Waals surface area (Å²) < 4.78 is 16.5. The Morgan fingerprint density at radius 1 is 1.09 bits per heavy atom. The molecule has 118 valence electrons. The molecular weight excluding hydrogens is 284 g/mol. The first-order valence-electron chi connectivity index (χ1n) is 7.72. The Hall–Kier alpha value is -1.99. The van der Waals surface area contributed by atoms with Crippen molar-refractivity contribution in [1.82, 2.24) is 14.9 Å². The summed E-state index contributed by atoms with van der Waals surface area (Å²) in [5.74, 6) is 2.33. The van der Waals surface area contributed by atoms with Gasteiger partial charge in [0.25, 0.3) is 0 Å². The van der Waals surface area contributed by atoms with E-state index >= 15 is 0 Å². The zero-order chi connectivity index (χ0) is 14.8. The predicted octanol–water partition coefficient (Wildman–Crippen LogP) is 1.08. The summed E-state index contributed by atoms with van der Waals surface area (Å²) in [5.41, 5.74) is 1.84. The first-order chi connectivity index (χ1) is 10.9. The van der Waals surface area contributed by atoms with Gasteiger partial charge in [-0.1, -0.05) is 0 Å². The van der Waals surface area contributed by atoms with Crippen molar-refractivity contribution in [3.05, 3.63) is 12.1 Å². The van der Waals surface area contributed by atoms with E-state index in [4.69, 9.17) is 14.2 Å². The summed E-state index contributed by atoms with van der Waals surface area (Å²) in [6.07, 6.45) is 0. The molecule has 7 heteroatoms. The fourth-order valence-corrected chi connectivity index (χ4v) is 2.79. The number of aromatic amines is 1. The van der Waals surface area contributed by atoms with Crippen LogP contribution in [0, 0.1) is 0 Å². The monoisotopic (exact) mass is 304 g/mol. The first-order valence-corrected chi connectivity index (χ1v) is 7.72. The largest absolute Gasteiger partial charge is 0.486 e. The number of benzene rings is 1. The van der Waals surface area contributed by atoms with Crippen molar-refractivity contribution in [2.24, 2.45) is 0 Å². The molecule has 0 atom stereocenters. The van der Waals surface area contributed by atoms with Gasteiger partial charge >= 0.3 is 0 Å². The van der Waals surface area contributed by atoms with E-state index in [0.717, 1.165) is 67.9 Å². The quantitative estimate of drug-likeness (QED) is 0.881. The predicted molar refractivity (Wildman–Crippen MR) is 82.8 cm³/mol. The van der Waals surface area contributed by atoms with Crippen LogP contribution in [0.25, 0.3) is 11.0 Å². The van der Waals surface area contributed by atoms with Crippen LogP contribution in [0.1, 0.15) is 0 Å². The van der Waals surface area contributed by atoms with E-state index in [9.17, 15) is 0 Å². The third-order valence-electron chi connectivity index (χ3n) is 3.97. The van der Waals surface area contributed by atoms with Gasteiger partial charge in [0, 0.05) is 38.3 Å². The molecule has 0 saturated carbocycles. The van der Waals surface area contributed by atoms with E-state index < -0.39 is 0 Å². The standard InChI is InChI=1S/C15H20N4O3/c1(2-19-3-5-20-6-4-19)16-15-17-11-9-13-14(10-12(11)18-15)22-8-7-21-13/h9-10H,1-8H2,(H2,16,17,18). The van der Waals surface area contributed by atoms with Gasteiger partial charge in [-0.3, -0.25) is 4.90 Å². The first kappa shape index (κ1) is 13.7. The maximum absolute atomic E-state index is 5.59. The van der Waals surface area contributed by atoms with Crippen LogP contribution in [0.4, 0.5) is 5.95 Å². The molecule has 2 N–H and O–H groups in total. The topological polar surface area (TPSA) is 71.6 Å². The van der Waals surface area contributed by atoms with Crippen LogP contribution in [0.2, 0.25) is 0 Å². The second-order valence-corrected chi connectivity index (χ2v) is 5.48. The number of nitrogens with one attached hydrogen (secondary N) is 2. The minimum atomic E-state index is 0.591. The van der Waals surface area contributed by atoms with Gasteiger partial charge < -0.3 is 24.5 Å². The Morgan fingerprint density at radius 2 is 1.86 bits per heavy atom. The molecule has 3 heterocycles. The molecule has 1 aromatic heterocycles. The van der Waals surface area contributed by atoms with Crippen molar-refractivity contribution in [2.75, 3.05) is 57.9 Å². The molecule has 0 radical (unpaired) electrons. The summed E-state index contributed by atoms with van der Waals surface area (Å²) >= 11 is 0. The summed E-state index contributed by atoms with van der Waals surface area (Å²) in [6.45, 7) is 6.69. The molecule has 0 amide bonds. The number of H-pyrrole nitrogens is 1. The molecule has 1 saturated heterocycles. The molecule has 22 heavy (non-hydrogen) atoms. The minimum absolute atomic E-state index is 0.591. The molecule has 7 nitrogen and oxygen atoms in total. The van der Waals surface area contributed by atoms with E-state index in [1.54, 1.807) is 0 Å². The van der Waals surface area contributed by atoms with Gasteiger partial charge in [-0.2, -0.15) is 0 Å². The number of hydrogen-bond donors (Lipinski definition) is 2. The highest BCUT2D eigenvalue weighted by Gasteiger charge is 2.15. The van der Waals surface area contributed by atoms with Gasteiger partial charge in [0.2, 0.25) is 5.95 Å². The van der Waals surface area contributed by atoms with Crippen LogP contribution in [0.15, 0.2) is 12.1 Å². The van der Waals surface area contributed by atoms with E-state index in [2.05, 4.69) is 20.2 Å². The molecule has 1 fully saturated rings. The lowest BCUT2D eigenvalue weighted by Gasteiger charge is -2.26. The minimum Gasteiger partial charge on any atom is -0.486 e. The highest BCUT2D eigenvalue weighted by Crippen LogP contribution is 2.34. The molecule has 2 aliphatic rings. The van der Waals surface area contributed by atoms with E-state index in [0.29, 0.717) is 13.2 Å². The van der Waals surface area contributed by atoms with Crippen molar-refractivity contribution >= 4 is 17.0 Å². The van der Waals surface area contributed by atoms with Crippen LogP contribution in [0.5, 0.6) is 11.5 Å². The average Bonchev–Trinajstić information content (AvgIpc) is 2.95. The molecule has 0 spiro atoms. The zero-order valence-electron chi connectivity index (χ0n) is 12.4. The van der Waals surface area contributed by atoms with Gasteiger partial charge in [-0.25, -0.2) is 4.98 Å². The van der Waals surface area contributed by atoms with Crippen molar-refractivity contribution in [2.45, 2.75) is 0 Å². The molecule has 0 unspecified atom stereocenters. The lowest BCUT2D eigenvalue weighted by molar-refractivity contribution is 0.0398. The Bertz CT molecular complexity index is 609. The number of morpholine rings is 1. The van der Waals surface area contributed by atoms with Crippen LogP contribution >= 0.6 is 0 Å². The van der Waals surface area contributed by atoms with Crippen molar-refractivity contribution < 1.29 is 14.2 Å². The number of imidazole rings is 1. The van der Waals surface area contributed by atoms with Gasteiger partial charge in [0.1, 0.15) is 13.2 Å². The van der Waals surface area contributed by atoms with Crippen LogP contribution < -0.4 is 14.8 Å². The summed E-state index contributed by atoms with van der Waals surface area (Å²) in [6, 6.07) is 3.87. The maximum Gasteiger partial charge on any atom is 0.201 e. The third-order valence-corrected chi connectivity index (χ3v) is 3.97. The van der Waals surface area contributed by atoms with Gasteiger partial charge in [-0.05, 0) is 0 Å². The molecule has 4 rings (SSSR count). The van der Waals surface area contributed by atoms with Crippen LogP contribution in [-0.4, -0.2) is 67.5 Å². The normalized spacial score (nSPS) is 18.5. The number of nitrogens with zero attached hydrogens (tertiary/aromatic N) is 2. The van der Waals surface area contributed by atoms with Gasteiger partial charge in [0.05, 0.1) is 24.2 Å². The second-order valence-electron chi connectivity index (χ2n) is 5.48. The summed E-state index contributed by atoms with van der Waals surface area (Å²) in [5, 5.41) is 3.34. The lowest BCUT2D eigenvalue weighted by Crippen LogP contribution is -2.39.